The summed E-state index contributed by atoms with van der Waals surface area (Å²) in [7, 11) is 0. The molecule has 0 aromatic heterocycles. The lowest BCUT2D eigenvalue weighted by molar-refractivity contribution is 0.0298. The van der Waals surface area contributed by atoms with Gasteiger partial charge in [-0.15, -0.1) is 0 Å². The molecule has 0 saturated carbocycles. The van der Waals surface area contributed by atoms with E-state index >= 15 is 0 Å². The van der Waals surface area contributed by atoms with E-state index in [1.54, 1.807) is 0 Å². The highest BCUT2D eigenvalue weighted by atomic mass is 16.3. The van der Waals surface area contributed by atoms with E-state index in [1.165, 1.54) is 0 Å². The van der Waals surface area contributed by atoms with E-state index in [2.05, 4.69) is 12.2 Å². The number of hydrogen-bond acceptors (Lipinski definition) is 3. The van der Waals surface area contributed by atoms with Gasteiger partial charge in [0, 0.05) is 25.3 Å². The molecule has 0 radical (unpaired) electrons. The van der Waals surface area contributed by atoms with E-state index in [4.69, 9.17) is 0 Å². The van der Waals surface area contributed by atoms with Crippen molar-refractivity contribution >= 4 is 11.6 Å². The van der Waals surface area contributed by atoms with Crippen LogP contribution in [0.3, 0.4) is 0 Å². The van der Waals surface area contributed by atoms with E-state index in [9.17, 15) is 9.90 Å². The number of amides is 1. The van der Waals surface area contributed by atoms with Gasteiger partial charge in [0.25, 0.3) is 5.91 Å². The summed E-state index contributed by atoms with van der Waals surface area (Å²) in [4.78, 5) is 14.7. The van der Waals surface area contributed by atoms with Crippen molar-refractivity contribution in [3.63, 3.8) is 0 Å². The molecule has 21 heavy (non-hydrogen) atoms. The Labute approximate surface area is 127 Å². The number of aryl methyl sites for hydroxylation is 1. The highest BCUT2D eigenvalue weighted by molar-refractivity contribution is 6.00. The molecule has 0 bridgehead atoms. The van der Waals surface area contributed by atoms with Crippen LogP contribution in [0.15, 0.2) is 18.2 Å². The van der Waals surface area contributed by atoms with Crippen LogP contribution in [0.5, 0.6) is 0 Å². The van der Waals surface area contributed by atoms with Gasteiger partial charge in [-0.1, -0.05) is 25.5 Å². The smallest absolute Gasteiger partial charge is 0.255 e. The van der Waals surface area contributed by atoms with Crippen LogP contribution in [0.25, 0.3) is 0 Å². The normalized spacial score (nSPS) is 22.2. The Morgan fingerprint density at radius 3 is 2.90 bits per heavy atom. The summed E-state index contributed by atoms with van der Waals surface area (Å²) in [5.74, 6) is 0.204. The molecule has 116 valence electrons. The first kappa shape index (κ1) is 15.8. The van der Waals surface area contributed by atoms with E-state index < -0.39 is 0 Å². The SMILES string of the molecule is CCCNc1ccc(C)cc1C(=O)N1CCC(O)C(C)C1. The Bertz CT molecular complexity index is 502. The van der Waals surface area contributed by atoms with Crippen molar-refractivity contribution in [3.8, 4) is 0 Å². The van der Waals surface area contributed by atoms with Gasteiger partial charge < -0.3 is 15.3 Å². The molecule has 4 heteroatoms. The molecular formula is C17H26N2O2. The number of hydrogen-bond donors (Lipinski definition) is 2. The van der Waals surface area contributed by atoms with Crippen molar-refractivity contribution in [2.75, 3.05) is 25.0 Å². The van der Waals surface area contributed by atoms with Crippen molar-refractivity contribution in [2.24, 2.45) is 5.92 Å². The third-order valence-electron chi connectivity index (χ3n) is 4.12. The lowest BCUT2D eigenvalue weighted by Gasteiger charge is -2.34. The Morgan fingerprint density at radius 2 is 2.24 bits per heavy atom. The number of likely N-dealkylation sites (tertiary alicyclic amines) is 1. The van der Waals surface area contributed by atoms with Gasteiger partial charge in [-0.05, 0) is 37.8 Å². The fourth-order valence-electron chi connectivity index (χ4n) is 2.74. The number of anilines is 1. The minimum atomic E-state index is -0.288. The zero-order valence-corrected chi connectivity index (χ0v) is 13.2. The Balaban J connectivity index is 2.19. The monoisotopic (exact) mass is 290 g/mol. The van der Waals surface area contributed by atoms with Crippen LogP contribution in [0.4, 0.5) is 5.69 Å². The maximum absolute atomic E-state index is 12.8. The Morgan fingerprint density at radius 1 is 1.48 bits per heavy atom. The molecule has 2 rings (SSSR count). The minimum Gasteiger partial charge on any atom is -0.393 e. The lowest BCUT2D eigenvalue weighted by Crippen LogP contribution is -2.45. The van der Waals surface area contributed by atoms with Crippen LogP contribution >= 0.6 is 0 Å². The molecule has 2 N–H and O–H groups in total. The van der Waals surface area contributed by atoms with Gasteiger partial charge in [-0.3, -0.25) is 4.79 Å². The zero-order chi connectivity index (χ0) is 15.4. The number of benzene rings is 1. The summed E-state index contributed by atoms with van der Waals surface area (Å²) >= 11 is 0. The zero-order valence-electron chi connectivity index (χ0n) is 13.2. The molecule has 1 aliphatic heterocycles. The topological polar surface area (TPSA) is 52.6 Å². The highest BCUT2D eigenvalue weighted by Crippen LogP contribution is 2.23. The molecule has 1 aromatic carbocycles. The van der Waals surface area contributed by atoms with Crippen molar-refractivity contribution in [1.82, 2.24) is 4.90 Å². The molecule has 1 aliphatic rings. The maximum atomic E-state index is 12.8. The summed E-state index contributed by atoms with van der Waals surface area (Å²) in [6.45, 7) is 8.22. The van der Waals surface area contributed by atoms with Crippen LogP contribution < -0.4 is 5.32 Å². The summed E-state index contributed by atoms with van der Waals surface area (Å²) in [5, 5.41) is 13.1. The molecule has 1 saturated heterocycles. The molecular weight excluding hydrogens is 264 g/mol. The van der Waals surface area contributed by atoms with Crippen molar-refractivity contribution in [1.29, 1.82) is 0 Å². The Kier molecular flexibility index (Phi) is 5.23. The standard InChI is InChI=1S/C17H26N2O2/c1-4-8-18-15-6-5-12(2)10-14(15)17(21)19-9-7-16(20)13(3)11-19/h5-6,10,13,16,18,20H,4,7-9,11H2,1-3H3. The van der Waals surface area contributed by atoms with Crippen LogP contribution in [-0.4, -0.2) is 41.7 Å². The Hall–Kier alpha value is -1.55. The molecule has 0 aliphatic carbocycles. The molecule has 2 atom stereocenters. The molecule has 4 nitrogen and oxygen atoms in total. The number of aliphatic hydroxyl groups excluding tert-OH is 1. The highest BCUT2D eigenvalue weighted by Gasteiger charge is 2.28. The largest absolute Gasteiger partial charge is 0.393 e. The van der Waals surface area contributed by atoms with Gasteiger partial charge in [0.05, 0.1) is 11.7 Å². The summed E-state index contributed by atoms with van der Waals surface area (Å²) in [5.41, 5.74) is 2.74. The van der Waals surface area contributed by atoms with Gasteiger partial charge >= 0.3 is 0 Å². The second-order valence-corrected chi connectivity index (χ2v) is 6.06. The summed E-state index contributed by atoms with van der Waals surface area (Å²) in [6.07, 6.45) is 1.40. The average molecular weight is 290 g/mol. The maximum Gasteiger partial charge on any atom is 0.255 e. The van der Waals surface area contributed by atoms with Gasteiger partial charge in [0.2, 0.25) is 0 Å². The van der Waals surface area contributed by atoms with Crippen molar-refractivity contribution in [2.45, 2.75) is 39.7 Å². The van der Waals surface area contributed by atoms with Crippen LogP contribution in [-0.2, 0) is 0 Å². The number of piperidine rings is 1. The van der Waals surface area contributed by atoms with Gasteiger partial charge in [0.1, 0.15) is 0 Å². The van der Waals surface area contributed by atoms with Gasteiger partial charge in [-0.2, -0.15) is 0 Å². The first-order valence-electron chi connectivity index (χ1n) is 7.84. The van der Waals surface area contributed by atoms with E-state index in [0.717, 1.165) is 29.8 Å². The number of rotatable bonds is 4. The van der Waals surface area contributed by atoms with Crippen molar-refractivity contribution < 1.29 is 9.90 Å². The quantitative estimate of drug-likeness (QED) is 0.896. The van der Waals surface area contributed by atoms with Gasteiger partial charge in [-0.25, -0.2) is 0 Å². The van der Waals surface area contributed by atoms with Gasteiger partial charge in [0.15, 0.2) is 0 Å². The number of aliphatic hydroxyl groups is 1. The second-order valence-electron chi connectivity index (χ2n) is 6.06. The van der Waals surface area contributed by atoms with Crippen LogP contribution in [0.1, 0.15) is 42.6 Å². The number of carbonyl (C=O) groups is 1. The lowest BCUT2D eigenvalue weighted by atomic mass is 9.96. The summed E-state index contributed by atoms with van der Waals surface area (Å²) < 4.78 is 0. The first-order valence-corrected chi connectivity index (χ1v) is 7.84. The molecule has 1 aromatic rings. The number of carbonyl (C=O) groups excluding carboxylic acids is 1. The molecule has 1 amide bonds. The van der Waals surface area contributed by atoms with Crippen LogP contribution in [0, 0.1) is 12.8 Å². The first-order chi connectivity index (χ1) is 10.0. The second kappa shape index (κ2) is 6.94. The average Bonchev–Trinajstić information content (AvgIpc) is 2.48. The summed E-state index contributed by atoms with van der Waals surface area (Å²) in [6, 6.07) is 5.97. The number of nitrogens with one attached hydrogen (secondary N) is 1. The van der Waals surface area contributed by atoms with E-state index in [-0.39, 0.29) is 17.9 Å². The minimum absolute atomic E-state index is 0.0658. The third kappa shape index (κ3) is 3.76. The fraction of sp³-hybridized carbons (Fsp3) is 0.588. The molecule has 2 unspecified atom stereocenters. The van der Waals surface area contributed by atoms with Crippen molar-refractivity contribution in [3.05, 3.63) is 29.3 Å². The predicted molar refractivity (Wildman–Crippen MR) is 85.7 cm³/mol. The molecule has 1 fully saturated rings. The molecule has 0 spiro atoms. The fourth-order valence-corrected chi connectivity index (χ4v) is 2.74. The predicted octanol–water partition coefficient (Wildman–Crippen LogP) is 2.66. The van der Waals surface area contributed by atoms with Crippen LogP contribution in [0.2, 0.25) is 0 Å². The third-order valence-corrected chi connectivity index (χ3v) is 4.12. The van der Waals surface area contributed by atoms with E-state index in [0.29, 0.717) is 19.5 Å². The van der Waals surface area contributed by atoms with E-state index in [1.807, 2.05) is 36.9 Å². The molecule has 1 heterocycles. The number of nitrogens with zero attached hydrogens (tertiary/aromatic N) is 1.